The molecular formula is C18H21ClN2OS. The standard InChI is InChI=1S/C18H21ClN2OS/c1-13-10-14(2)12-15(11-13)20-18(23)21(3)8-9-22-17-7-5-4-6-16(17)19/h4-7,10-12H,8-9H2,1-3H3,(H,20,23). The fourth-order valence-electron chi connectivity index (χ4n) is 2.22. The van der Waals surface area contributed by atoms with Gasteiger partial charge in [-0.3, -0.25) is 0 Å². The van der Waals surface area contributed by atoms with E-state index < -0.39 is 0 Å². The van der Waals surface area contributed by atoms with Crippen molar-refractivity contribution in [2.45, 2.75) is 13.8 Å². The summed E-state index contributed by atoms with van der Waals surface area (Å²) in [5.41, 5.74) is 3.42. The van der Waals surface area contributed by atoms with Crippen molar-refractivity contribution in [1.82, 2.24) is 4.90 Å². The van der Waals surface area contributed by atoms with Crippen LogP contribution in [0.3, 0.4) is 0 Å². The number of thiocarbonyl (C=S) groups is 1. The Balaban J connectivity index is 1.84. The van der Waals surface area contributed by atoms with Crippen LogP contribution in [-0.4, -0.2) is 30.2 Å². The number of halogens is 1. The van der Waals surface area contributed by atoms with Crippen LogP contribution in [0.2, 0.25) is 5.02 Å². The molecule has 0 atom stereocenters. The highest BCUT2D eigenvalue weighted by molar-refractivity contribution is 7.80. The van der Waals surface area contributed by atoms with Crippen molar-refractivity contribution in [3.63, 3.8) is 0 Å². The number of nitrogens with one attached hydrogen (secondary N) is 1. The van der Waals surface area contributed by atoms with E-state index in [4.69, 9.17) is 28.6 Å². The molecule has 0 unspecified atom stereocenters. The average molecular weight is 349 g/mol. The summed E-state index contributed by atoms with van der Waals surface area (Å²) in [6.07, 6.45) is 0. The highest BCUT2D eigenvalue weighted by atomic mass is 35.5. The minimum absolute atomic E-state index is 0.509. The van der Waals surface area contributed by atoms with Crippen LogP contribution < -0.4 is 10.1 Å². The molecule has 3 nitrogen and oxygen atoms in total. The molecule has 5 heteroatoms. The maximum Gasteiger partial charge on any atom is 0.173 e. The zero-order valence-corrected chi connectivity index (χ0v) is 15.2. The van der Waals surface area contributed by atoms with Crippen LogP contribution in [0.15, 0.2) is 42.5 Å². The van der Waals surface area contributed by atoms with E-state index in [1.165, 1.54) is 11.1 Å². The number of likely N-dealkylation sites (N-methyl/N-ethyl adjacent to an activating group) is 1. The van der Waals surface area contributed by atoms with Gasteiger partial charge in [-0.15, -0.1) is 0 Å². The van der Waals surface area contributed by atoms with Gasteiger partial charge in [0.15, 0.2) is 5.11 Å². The zero-order chi connectivity index (χ0) is 16.8. The molecule has 2 aromatic rings. The van der Waals surface area contributed by atoms with Crippen LogP contribution in [0.25, 0.3) is 0 Å². The van der Waals surface area contributed by atoms with E-state index in [2.05, 4.69) is 37.4 Å². The maximum absolute atomic E-state index is 6.06. The van der Waals surface area contributed by atoms with Gasteiger partial charge in [-0.2, -0.15) is 0 Å². The Kier molecular flexibility index (Phi) is 6.25. The molecule has 0 aromatic heterocycles. The molecule has 122 valence electrons. The van der Waals surface area contributed by atoms with Crippen LogP contribution in [0.5, 0.6) is 5.75 Å². The van der Waals surface area contributed by atoms with Crippen molar-refractivity contribution in [2.24, 2.45) is 0 Å². The predicted molar refractivity (Wildman–Crippen MR) is 102 cm³/mol. The molecule has 0 amide bonds. The molecule has 23 heavy (non-hydrogen) atoms. The van der Waals surface area contributed by atoms with E-state index in [-0.39, 0.29) is 0 Å². The molecule has 0 saturated heterocycles. The Morgan fingerprint density at radius 2 is 1.83 bits per heavy atom. The molecule has 0 spiro atoms. The molecule has 2 rings (SSSR count). The Hall–Kier alpha value is -1.78. The topological polar surface area (TPSA) is 24.5 Å². The number of hydrogen-bond donors (Lipinski definition) is 1. The first-order valence-corrected chi connectivity index (χ1v) is 8.22. The smallest absolute Gasteiger partial charge is 0.173 e. The number of benzene rings is 2. The highest BCUT2D eigenvalue weighted by Gasteiger charge is 2.06. The molecule has 0 aliphatic heterocycles. The summed E-state index contributed by atoms with van der Waals surface area (Å²) in [6.45, 7) is 5.32. The van der Waals surface area contributed by atoms with Crippen LogP contribution in [0.4, 0.5) is 5.69 Å². The minimum atomic E-state index is 0.509. The van der Waals surface area contributed by atoms with Crippen LogP contribution in [-0.2, 0) is 0 Å². The van der Waals surface area contributed by atoms with Gasteiger partial charge in [0.05, 0.1) is 11.6 Å². The summed E-state index contributed by atoms with van der Waals surface area (Å²) in [7, 11) is 1.94. The Bertz CT molecular complexity index is 670. The second-order valence-corrected chi connectivity index (χ2v) is 6.30. The molecular weight excluding hydrogens is 328 g/mol. The molecule has 0 bridgehead atoms. The van der Waals surface area contributed by atoms with E-state index in [1.807, 2.05) is 36.2 Å². The quantitative estimate of drug-likeness (QED) is 0.794. The number of aryl methyl sites for hydroxylation is 2. The Morgan fingerprint density at radius 3 is 2.48 bits per heavy atom. The van der Waals surface area contributed by atoms with E-state index in [9.17, 15) is 0 Å². The minimum Gasteiger partial charge on any atom is -0.490 e. The van der Waals surface area contributed by atoms with Gasteiger partial charge in [0.2, 0.25) is 0 Å². The summed E-state index contributed by atoms with van der Waals surface area (Å²) < 4.78 is 5.69. The number of ether oxygens (including phenoxy) is 1. The number of hydrogen-bond acceptors (Lipinski definition) is 2. The molecule has 0 fully saturated rings. The molecule has 1 N–H and O–H groups in total. The lowest BCUT2D eigenvalue weighted by Crippen LogP contribution is -2.34. The Morgan fingerprint density at radius 1 is 1.17 bits per heavy atom. The lowest BCUT2D eigenvalue weighted by molar-refractivity contribution is 0.285. The van der Waals surface area contributed by atoms with Crippen molar-refractivity contribution >= 4 is 34.6 Å². The fourth-order valence-corrected chi connectivity index (χ4v) is 2.62. The molecule has 0 saturated carbocycles. The fraction of sp³-hybridized carbons (Fsp3) is 0.278. The van der Waals surface area contributed by atoms with E-state index >= 15 is 0 Å². The average Bonchev–Trinajstić information content (AvgIpc) is 2.48. The molecule has 0 aliphatic carbocycles. The van der Waals surface area contributed by atoms with Crippen molar-refractivity contribution in [2.75, 3.05) is 25.5 Å². The van der Waals surface area contributed by atoms with Crippen LogP contribution in [0.1, 0.15) is 11.1 Å². The summed E-state index contributed by atoms with van der Waals surface area (Å²) in [6, 6.07) is 13.7. The number of rotatable bonds is 5. The first-order valence-electron chi connectivity index (χ1n) is 7.43. The molecule has 0 aliphatic rings. The Labute approximate surface area is 148 Å². The van der Waals surface area contributed by atoms with Crippen molar-refractivity contribution < 1.29 is 4.74 Å². The predicted octanol–water partition coefficient (Wildman–Crippen LogP) is 4.66. The second kappa shape index (κ2) is 8.18. The summed E-state index contributed by atoms with van der Waals surface area (Å²) >= 11 is 11.5. The van der Waals surface area contributed by atoms with Gasteiger partial charge in [-0.25, -0.2) is 0 Å². The number of anilines is 1. The van der Waals surface area contributed by atoms with Crippen molar-refractivity contribution in [3.8, 4) is 5.75 Å². The normalized spacial score (nSPS) is 10.3. The highest BCUT2D eigenvalue weighted by Crippen LogP contribution is 2.22. The van der Waals surface area contributed by atoms with Crippen molar-refractivity contribution in [3.05, 3.63) is 58.6 Å². The van der Waals surface area contributed by atoms with E-state index in [0.29, 0.717) is 29.0 Å². The van der Waals surface area contributed by atoms with Gasteiger partial charge in [0.25, 0.3) is 0 Å². The van der Waals surface area contributed by atoms with Crippen LogP contribution in [0, 0.1) is 13.8 Å². The number of para-hydroxylation sites is 1. The SMILES string of the molecule is Cc1cc(C)cc(NC(=S)N(C)CCOc2ccccc2Cl)c1. The van der Waals surface area contributed by atoms with Gasteiger partial charge in [0.1, 0.15) is 12.4 Å². The summed E-state index contributed by atoms with van der Waals surface area (Å²) in [5.74, 6) is 0.691. The first-order chi connectivity index (χ1) is 11.0. The monoisotopic (exact) mass is 348 g/mol. The van der Waals surface area contributed by atoms with Gasteiger partial charge < -0.3 is 15.0 Å². The summed E-state index contributed by atoms with van der Waals surface area (Å²) in [5, 5.41) is 4.54. The van der Waals surface area contributed by atoms with Gasteiger partial charge >= 0.3 is 0 Å². The van der Waals surface area contributed by atoms with Crippen LogP contribution >= 0.6 is 23.8 Å². The zero-order valence-electron chi connectivity index (χ0n) is 13.6. The lowest BCUT2D eigenvalue weighted by Gasteiger charge is -2.21. The van der Waals surface area contributed by atoms with E-state index in [0.717, 1.165) is 5.69 Å². The summed E-state index contributed by atoms with van der Waals surface area (Å²) in [4.78, 5) is 1.95. The third kappa shape index (κ3) is 5.41. The van der Waals surface area contributed by atoms with Crippen molar-refractivity contribution in [1.29, 1.82) is 0 Å². The van der Waals surface area contributed by atoms with Gasteiger partial charge in [0, 0.05) is 12.7 Å². The van der Waals surface area contributed by atoms with E-state index in [1.54, 1.807) is 0 Å². The molecule has 0 radical (unpaired) electrons. The molecule has 0 heterocycles. The van der Waals surface area contributed by atoms with Gasteiger partial charge in [-0.1, -0.05) is 29.8 Å². The first kappa shape index (κ1) is 17.6. The number of nitrogens with zero attached hydrogens (tertiary/aromatic N) is 1. The molecule has 2 aromatic carbocycles. The second-order valence-electron chi connectivity index (χ2n) is 5.51. The third-order valence-corrected chi connectivity index (χ3v) is 4.07. The maximum atomic E-state index is 6.06. The largest absolute Gasteiger partial charge is 0.490 e. The lowest BCUT2D eigenvalue weighted by atomic mass is 10.1. The third-order valence-electron chi connectivity index (χ3n) is 3.34. The van der Waals surface area contributed by atoms with Gasteiger partial charge in [-0.05, 0) is 61.5 Å².